The summed E-state index contributed by atoms with van der Waals surface area (Å²) in [5, 5.41) is 20.5. The van der Waals surface area contributed by atoms with Crippen LogP contribution in [0.4, 0.5) is 8.78 Å². The molecule has 4 rings (SSSR count). The number of halogens is 2. The summed E-state index contributed by atoms with van der Waals surface area (Å²) in [6.07, 6.45) is 1.52. The Labute approximate surface area is 219 Å². The maximum Gasteiger partial charge on any atom is 0.271 e. The molecule has 1 aliphatic heterocycles. The van der Waals surface area contributed by atoms with Crippen molar-refractivity contribution in [1.29, 1.82) is 5.26 Å². The molecule has 0 aliphatic carbocycles. The summed E-state index contributed by atoms with van der Waals surface area (Å²) in [5.41, 5.74) is -0.468. The Kier molecular flexibility index (Phi) is 7.33. The zero-order valence-electron chi connectivity index (χ0n) is 19.2. The molecule has 2 aromatic carbocycles. The molecule has 1 fully saturated rings. The smallest absolute Gasteiger partial charge is 0.271 e. The predicted octanol–water partition coefficient (Wildman–Crippen LogP) is 4.14. The van der Waals surface area contributed by atoms with Gasteiger partial charge in [-0.15, -0.1) is 0 Å². The van der Waals surface area contributed by atoms with Crippen molar-refractivity contribution in [3.63, 3.8) is 0 Å². The summed E-state index contributed by atoms with van der Waals surface area (Å²) >= 11 is 6.24. The number of aromatic nitrogens is 1. The Hall–Kier alpha value is -4.14. The largest absolute Gasteiger partial charge is 0.494 e. The van der Waals surface area contributed by atoms with Crippen LogP contribution < -0.4 is 5.56 Å². The van der Waals surface area contributed by atoms with Crippen molar-refractivity contribution in [2.45, 2.75) is 13.5 Å². The summed E-state index contributed by atoms with van der Waals surface area (Å²) < 4.78 is 27.4. The molecule has 7 nitrogen and oxygen atoms in total. The molecule has 1 N–H and O–H groups in total. The second kappa shape index (κ2) is 10.5. The van der Waals surface area contributed by atoms with Crippen molar-refractivity contribution in [3.05, 3.63) is 103 Å². The average Bonchev–Trinajstić information content (AvgIpc) is 3.12. The van der Waals surface area contributed by atoms with Gasteiger partial charge in [-0.3, -0.25) is 23.9 Å². The van der Waals surface area contributed by atoms with Gasteiger partial charge in [0.1, 0.15) is 27.6 Å². The van der Waals surface area contributed by atoms with Crippen molar-refractivity contribution < 1.29 is 23.5 Å². The van der Waals surface area contributed by atoms with Gasteiger partial charge >= 0.3 is 0 Å². The molecule has 0 radical (unpaired) electrons. The third-order valence-corrected chi connectivity index (χ3v) is 7.05. The number of nitriles is 1. The number of nitrogens with zero attached hydrogens (tertiary/aromatic N) is 3. The van der Waals surface area contributed by atoms with Crippen molar-refractivity contribution in [2.75, 3.05) is 6.54 Å². The molecule has 11 heteroatoms. The Morgan fingerprint density at radius 3 is 2.30 bits per heavy atom. The lowest BCUT2D eigenvalue weighted by atomic mass is 10.0. The standard InChI is InChI=1S/C26H17F2N3O4S2/c1-14-19(11-29)23(33)30(12-16-4-8-18(28)9-5-16)25(35)22(14)20(32)13-31-24(34)21(37-26(31)36)10-15-2-6-17(27)7-3-15/h2-10,35H,12-13H2,1H3/b21-10-. The van der Waals surface area contributed by atoms with Crippen LogP contribution in [0.25, 0.3) is 6.08 Å². The van der Waals surface area contributed by atoms with Gasteiger partial charge in [0.25, 0.3) is 11.5 Å². The van der Waals surface area contributed by atoms with E-state index < -0.39 is 41.3 Å². The summed E-state index contributed by atoms with van der Waals surface area (Å²) in [6, 6.07) is 12.4. The number of hydrogen-bond acceptors (Lipinski definition) is 7. The van der Waals surface area contributed by atoms with E-state index in [9.17, 15) is 33.5 Å². The highest BCUT2D eigenvalue weighted by molar-refractivity contribution is 8.26. The Balaban J connectivity index is 1.66. The summed E-state index contributed by atoms with van der Waals surface area (Å²) in [5.74, 6) is -2.88. The van der Waals surface area contributed by atoms with Crippen LogP contribution in [0.1, 0.15) is 32.6 Å². The minimum atomic E-state index is -0.814. The zero-order valence-corrected chi connectivity index (χ0v) is 20.8. The van der Waals surface area contributed by atoms with E-state index in [0.717, 1.165) is 21.2 Å². The molecule has 1 amide bonds. The van der Waals surface area contributed by atoms with Crippen LogP contribution in [0.15, 0.2) is 58.2 Å². The molecule has 0 atom stereocenters. The fourth-order valence-corrected chi connectivity index (χ4v) is 5.03. The fourth-order valence-electron chi connectivity index (χ4n) is 3.77. The van der Waals surface area contributed by atoms with Crippen molar-refractivity contribution >= 4 is 46.1 Å². The number of rotatable bonds is 6. The third-order valence-electron chi connectivity index (χ3n) is 5.68. The fraction of sp³-hybridized carbons (Fsp3) is 0.115. The molecule has 0 bridgehead atoms. The Morgan fingerprint density at radius 2 is 1.70 bits per heavy atom. The normalized spacial score (nSPS) is 14.3. The van der Waals surface area contributed by atoms with E-state index in [4.69, 9.17) is 12.2 Å². The molecular weight excluding hydrogens is 520 g/mol. The number of ketones is 1. The maximum atomic E-state index is 13.3. The number of pyridine rings is 1. The lowest BCUT2D eigenvalue weighted by molar-refractivity contribution is -0.121. The van der Waals surface area contributed by atoms with E-state index in [2.05, 4.69) is 0 Å². The Morgan fingerprint density at radius 1 is 1.11 bits per heavy atom. The highest BCUT2D eigenvalue weighted by Gasteiger charge is 2.35. The number of amides is 1. The van der Waals surface area contributed by atoms with E-state index in [1.54, 1.807) is 6.07 Å². The lowest BCUT2D eigenvalue weighted by Gasteiger charge is -2.18. The first-order chi connectivity index (χ1) is 17.6. The average molecular weight is 538 g/mol. The van der Waals surface area contributed by atoms with Crippen molar-refractivity contribution in [3.8, 4) is 11.9 Å². The first-order valence-corrected chi connectivity index (χ1v) is 12.0. The van der Waals surface area contributed by atoms with Crippen molar-refractivity contribution in [2.24, 2.45) is 0 Å². The van der Waals surface area contributed by atoms with Gasteiger partial charge in [-0.1, -0.05) is 48.2 Å². The number of carbonyl (C=O) groups is 2. The van der Waals surface area contributed by atoms with Gasteiger partial charge in [-0.2, -0.15) is 5.26 Å². The molecule has 0 spiro atoms. The van der Waals surface area contributed by atoms with E-state index in [0.29, 0.717) is 11.1 Å². The Bertz CT molecular complexity index is 1570. The molecule has 1 saturated heterocycles. The van der Waals surface area contributed by atoms with Crippen LogP contribution in [-0.2, 0) is 11.3 Å². The molecule has 0 saturated carbocycles. The van der Waals surface area contributed by atoms with Gasteiger partial charge in [0.2, 0.25) is 5.88 Å². The highest BCUT2D eigenvalue weighted by Crippen LogP contribution is 2.33. The first kappa shape index (κ1) is 25.9. The minimum Gasteiger partial charge on any atom is -0.494 e. The number of hydrogen-bond donors (Lipinski definition) is 1. The molecule has 3 aromatic rings. The van der Waals surface area contributed by atoms with Gasteiger partial charge in [-0.25, -0.2) is 8.78 Å². The van der Waals surface area contributed by atoms with Crippen LogP contribution in [0.2, 0.25) is 0 Å². The number of benzene rings is 2. The number of thioether (sulfide) groups is 1. The number of Topliss-reactive ketones (excluding diaryl/α,β-unsaturated/α-hetero) is 1. The van der Waals surface area contributed by atoms with Crippen LogP contribution in [0.5, 0.6) is 5.88 Å². The molecule has 37 heavy (non-hydrogen) atoms. The molecule has 1 aliphatic rings. The second-order valence-corrected chi connectivity index (χ2v) is 9.75. The third kappa shape index (κ3) is 5.21. The van der Waals surface area contributed by atoms with Gasteiger partial charge < -0.3 is 5.11 Å². The monoisotopic (exact) mass is 537 g/mol. The van der Waals surface area contributed by atoms with Gasteiger partial charge in [0.15, 0.2) is 5.78 Å². The van der Waals surface area contributed by atoms with E-state index in [1.165, 1.54) is 61.5 Å². The summed E-state index contributed by atoms with van der Waals surface area (Å²) in [4.78, 5) is 40.4. The first-order valence-electron chi connectivity index (χ1n) is 10.8. The quantitative estimate of drug-likeness (QED) is 0.286. The predicted molar refractivity (Wildman–Crippen MR) is 138 cm³/mol. The summed E-state index contributed by atoms with van der Waals surface area (Å²) in [6.45, 7) is 0.592. The number of aromatic hydroxyl groups is 1. The molecule has 1 aromatic heterocycles. The number of thiocarbonyl (C=S) groups is 1. The zero-order chi connectivity index (χ0) is 26.9. The second-order valence-electron chi connectivity index (χ2n) is 8.07. The van der Waals surface area contributed by atoms with E-state index in [1.807, 2.05) is 0 Å². The van der Waals surface area contributed by atoms with E-state index >= 15 is 0 Å². The molecular formula is C26H17F2N3O4S2. The molecule has 2 heterocycles. The van der Waals surface area contributed by atoms with Crippen molar-refractivity contribution in [1.82, 2.24) is 9.47 Å². The topological polar surface area (TPSA) is 103 Å². The van der Waals surface area contributed by atoms with Gasteiger partial charge in [-0.05, 0) is 54.0 Å². The van der Waals surface area contributed by atoms with Gasteiger partial charge in [0.05, 0.1) is 23.6 Å². The van der Waals surface area contributed by atoms with E-state index in [-0.39, 0.29) is 32.5 Å². The van der Waals surface area contributed by atoms with Crippen LogP contribution in [0.3, 0.4) is 0 Å². The molecule has 186 valence electrons. The minimum absolute atomic E-state index is 0.0300. The lowest BCUT2D eigenvalue weighted by Crippen LogP contribution is -2.35. The summed E-state index contributed by atoms with van der Waals surface area (Å²) in [7, 11) is 0. The van der Waals surface area contributed by atoms with Crippen LogP contribution in [0, 0.1) is 29.9 Å². The molecule has 0 unspecified atom stereocenters. The van der Waals surface area contributed by atoms with Crippen LogP contribution in [-0.4, -0.2) is 37.1 Å². The SMILES string of the molecule is Cc1c(C(=O)CN2C(=O)/C(=C/c3ccc(F)cc3)SC2=S)c(O)n(Cc2ccc(F)cc2)c(=O)c1C#N. The van der Waals surface area contributed by atoms with Gasteiger partial charge in [0, 0.05) is 0 Å². The van der Waals surface area contributed by atoms with Crippen LogP contribution >= 0.6 is 24.0 Å². The maximum absolute atomic E-state index is 13.3. The highest BCUT2D eigenvalue weighted by atomic mass is 32.2. The number of carbonyl (C=O) groups excluding carboxylic acids is 2.